The van der Waals surface area contributed by atoms with Crippen molar-refractivity contribution in [3.63, 3.8) is 0 Å². The number of hydrogen-bond donors (Lipinski definition) is 2. The lowest BCUT2D eigenvalue weighted by Crippen LogP contribution is -2.35. The predicted molar refractivity (Wildman–Crippen MR) is 76.9 cm³/mol. The zero-order valence-electron chi connectivity index (χ0n) is 10.6. The van der Waals surface area contributed by atoms with E-state index >= 15 is 0 Å². The number of carbonyl (C=O) groups is 1. The summed E-state index contributed by atoms with van der Waals surface area (Å²) >= 11 is 3.41. The third kappa shape index (κ3) is 3.56. The SMILES string of the molecule is Cc1ccc(Br)cc1C(=O)NC1CCCNCC1. The third-order valence-electron chi connectivity index (χ3n) is 3.36. The van der Waals surface area contributed by atoms with E-state index in [1.54, 1.807) is 0 Å². The highest BCUT2D eigenvalue weighted by atomic mass is 79.9. The van der Waals surface area contributed by atoms with Crippen LogP contribution in [0, 0.1) is 6.92 Å². The molecule has 1 amide bonds. The molecule has 2 N–H and O–H groups in total. The second-order valence-electron chi connectivity index (χ2n) is 4.81. The van der Waals surface area contributed by atoms with E-state index < -0.39 is 0 Å². The molecule has 4 heteroatoms. The van der Waals surface area contributed by atoms with E-state index in [1.165, 1.54) is 0 Å². The zero-order chi connectivity index (χ0) is 13.0. The van der Waals surface area contributed by atoms with Crippen LogP contribution in [-0.2, 0) is 0 Å². The lowest BCUT2D eigenvalue weighted by Gasteiger charge is -2.17. The van der Waals surface area contributed by atoms with Crippen LogP contribution < -0.4 is 10.6 Å². The molecule has 98 valence electrons. The van der Waals surface area contributed by atoms with Crippen molar-refractivity contribution in [2.45, 2.75) is 32.2 Å². The van der Waals surface area contributed by atoms with Gasteiger partial charge in [0.05, 0.1) is 0 Å². The normalized spacial score (nSPS) is 20.2. The van der Waals surface area contributed by atoms with Crippen LogP contribution in [0.15, 0.2) is 22.7 Å². The van der Waals surface area contributed by atoms with Crippen molar-refractivity contribution in [2.75, 3.05) is 13.1 Å². The molecular weight excluding hydrogens is 292 g/mol. The Kier molecular flexibility index (Phi) is 4.78. The molecule has 1 saturated heterocycles. The number of aryl methyl sites for hydroxylation is 1. The quantitative estimate of drug-likeness (QED) is 0.881. The summed E-state index contributed by atoms with van der Waals surface area (Å²) in [6.45, 7) is 4.01. The van der Waals surface area contributed by atoms with Gasteiger partial charge < -0.3 is 10.6 Å². The largest absolute Gasteiger partial charge is 0.349 e. The third-order valence-corrected chi connectivity index (χ3v) is 3.85. The number of nitrogens with one attached hydrogen (secondary N) is 2. The lowest BCUT2D eigenvalue weighted by atomic mass is 10.1. The van der Waals surface area contributed by atoms with Crippen molar-refractivity contribution in [3.05, 3.63) is 33.8 Å². The van der Waals surface area contributed by atoms with Crippen LogP contribution in [0.25, 0.3) is 0 Å². The number of carbonyl (C=O) groups excluding carboxylic acids is 1. The molecule has 2 rings (SSSR count). The summed E-state index contributed by atoms with van der Waals surface area (Å²) < 4.78 is 0.945. The minimum absolute atomic E-state index is 0.0423. The molecule has 0 saturated carbocycles. The predicted octanol–water partition coefficient (Wildman–Crippen LogP) is 2.63. The molecular formula is C14H19BrN2O. The minimum atomic E-state index is 0.0423. The lowest BCUT2D eigenvalue weighted by molar-refractivity contribution is 0.0933. The summed E-state index contributed by atoms with van der Waals surface area (Å²) in [6, 6.07) is 6.11. The average molecular weight is 311 g/mol. The van der Waals surface area contributed by atoms with E-state index in [-0.39, 0.29) is 5.91 Å². The maximum atomic E-state index is 12.2. The zero-order valence-corrected chi connectivity index (χ0v) is 12.2. The van der Waals surface area contributed by atoms with Crippen LogP contribution in [0.3, 0.4) is 0 Å². The Morgan fingerprint density at radius 1 is 1.39 bits per heavy atom. The van der Waals surface area contributed by atoms with E-state index in [2.05, 4.69) is 26.6 Å². The molecule has 0 aliphatic carbocycles. The van der Waals surface area contributed by atoms with Gasteiger partial charge in [0.25, 0.3) is 5.91 Å². The molecule has 0 spiro atoms. The first-order valence-electron chi connectivity index (χ1n) is 6.44. The van der Waals surface area contributed by atoms with E-state index in [1.807, 2.05) is 25.1 Å². The molecule has 1 unspecified atom stereocenters. The molecule has 0 aromatic heterocycles. The Labute approximate surface area is 116 Å². The van der Waals surface area contributed by atoms with Crippen LogP contribution in [0.1, 0.15) is 35.2 Å². The van der Waals surface area contributed by atoms with Crippen molar-refractivity contribution < 1.29 is 4.79 Å². The van der Waals surface area contributed by atoms with Crippen LogP contribution in [0.4, 0.5) is 0 Å². The van der Waals surface area contributed by atoms with Crippen LogP contribution in [-0.4, -0.2) is 25.0 Å². The molecule has 1 fully saturated rings. The number of hydrogen-bond acceptors (Lipinski definition) is 2. The summed E-state index contributed by atoms with van der Waals surface area (Å²) in [5.41, 5.74) is 1.78. The first-order chi connectivity index (χ1) is 8.66. The van der Waals surface area contributed by atoms with Gasteiger partial charge in [-0.05, 0) is 57.0 Å². The number of rotatable bonds is 2. The highest BCUT2D eigenvalue weighted by Crippen LogP contribution is 2.16. The average Bonchev–Trinajstić information content (AvgIpc) is 2.61. The molecule has 1 atom stereocenters. The monoisotopic (exact) mass is 310 g/mol. The van der Waals surface area contributed by atoms with Gasteiger partial charge in [-0.25, -0.2) is 0 Å². The summed E-state index contributed by atoms with van der Waals surface area (Å²) in [6.07, 6.45) is 3.20. The highest BCUT2D eigenvalue weighted by Gasteiger charge is 2.16. The highest BCUT2D eigenvalue weighted by molar-refractivity contribution is 9.10. The summed E-state index contributed by atoms with van der Waals surface area (Å²) in [4.78, 5) is 12.2. The molecule has 18 heavy (non-hydrogen) atoms. The molecule has 0 bridgehead atoms. The van der Waals surface area contributed by atoms with Crippen LogP contribution in [0.5, 0.6) is 0 Å². The van der Waals surface area contributed by atoms with Crippen molar-refractivity contribution in [2.24, 2.45) is 0 Å². The van der Waals surface area contributed by atoms with Gasteiger partial charge in [0, 0.05) is 16.1 Å². The van der Waals surface area contributed by atoms with Crippen LogP contribution in [0.2, 0.25) is 0 Å². The van der Waals surface area contributed by atoms with E-state index in [4.69, 9.17) is 0 Å². The maximum Gasteiger partial charge on any atom is 0.251 e. The fraction of sp³-hybridized carbons (Fsp3) is 0.500. The van der Waals surface area contributed by atoms with Crippen molar-refractivity contribution in [1.82, 2.24) is 10.6 Å². The Hall–Kier alpha value is -0.870. The van der Waals surface area contributed by atoms with Gasteiger partial charge in [0.2, 0.25) is 0 Å². The van der Waals surface area contributed by atoms with Gasteiger partial charge >= 0.3 is 0 Å². The Balaban J connectivity index is 2.04. The molecule has 0 radical (unpaired) electrons. The standard InChI is InChI=1S/C14H19BrN2O/c1-10-4-5-11(15)9-13(10)14(18)17-12-3-2-7-16-8-6-12/h4-5,9,12,16H,2-3,6-8H2,1H3,(H,17,18). The molecule has 1 aromatic carbocycles. The van der Waals surface area contributed by atoms with Gasteiger partial charge in [-0.1, -0.05) is 22.0 Å². The summed E-state index contributed by atoms with van der Waals surface area (Å²) in [7, 11) is 0. The molecule has 3 nitrogen and oxygen atoms in total. The fourth-order valence-corrected chi connectivity index (χ4v) is 2.63. The molecule has 1 aromatic rings. The van der Waals surface area contributed by atoms with Gasteiger partial charge in [0.1, 0.15) is 0 Å². The maximum absolute atomic E-state index is 12.2. The molecule has 1 aliphatic heterocycles. The minimum Gasteiger partial charge on any atom is -0.349 e. The van der Waals surface area contributed by atoms with Crippen molar-refractivity contribution >= 4 is 21.8 Å². The van der Waals surface area contributed by atoms with Crippen molar-refractivity contribution in [3.8, 4) is 0 Å². The van der Waals surface area contributed by atoms with Gasteiger partial charge in [-0.15, -0.1) is 0 Å². The first-order valence-corrected chi connectivity index (χ1v) is 7.24. The number of halogens is 1. The van der Waals surface area contributed by atoms with Crippen LogP contribution >= 0.6 is 15.9 Å². The smallest absolute Gasteiger partial charge is 0.251 e. The van der Waals surface area contributed by atoms with E-state index in [0.29, 0.717) is 6.04 Å². The van der Waals surface area contributed by atoms with Gasteiger partial charge in [0.15, 0.2) is 0 Å². The summed E-state index contributed by atoms with van der Waals surface area (Å²) in [5, 5.41) is 6.50. The Morgan fingerprint density at radius 3 is 3.06 bits per heavy atom. The Bertz CT molecular complexity index is 426. The number of amides is 1. The number of benzene rings is 1. The van der Waals surface area contributed by atoms with Gasteiger partial charge in [-0.2, -0.15) is 0 Å². The topological polar surface area (TPSA) is 41.1 Å². The fourth-order valence-electron chi connectivity index (χ4n) is 2.27. The van der Waals surface area contributed by atoms with Crippen molar-refractivity contribution in [1.29, 1.82) is 0 Å². The molecule has 1 heterocycles. The van der Waals surface area contributed by atoms with E-state index in [9.17, 15) is 4.79 Å². The summed E-state index contributed by atoms with van der Waals surface area (Å²) in [5.74, 6) is 0.0423. The molecule has 1 aliphatic rings. The second kappa shape index (κ2) is 6.34. The Morgan fingerprint density at radius 2 is 2.22 bits per heavy atom. The first kappa shape index (κ1) is 13.6. The van der Waals surface area contributed by atoms with E-state index in [0.717, 1.165) is 48.0 Å². The van der Waals surface area contributed by atoms with Gasteiger partial charge in [-0.3, -0.25) is 4.79 Å². The second-order valence-corrected chi connectivity index (χ2v) is 5.73.